The Morgan fingerprint density at radius 2 is 1.68 bits per heavy atom. The molecular formula is C16H10ClF5INO. The van der Waals surface area contributed by atoms with E-state index in [-0.39, 0.29) is 10.6 Å². The lowest BCUT2D eigenvalue weighted by Crippen LogP contribution is -2.36. The minimum Gasteiger partial charge on any atom is -0.346 e. The summed E-state index contributed by atoms with van der Waals surface area (Å²) >= 11 is 7.34. The second kappa shape index (κ2) is 7.45. The molecule has 134 valence electrons. The van der Waals surface area contributed by atoms with Crippen LogP contribution >= 0.6 is 34.2 Å². The Morgan fingerprint density at radius 3 is 2.28 bits per heavy atom. The summed E-state index contributed by atoms with van der Waals surface area (Å²) in [6.45, 7) is -1.28. The Labute approximate surface area is 158 Å². The van der Waals surface area contributed by atoms with Crippen molar-refractivity contribution >= 4 is 40.1 Å². The van der Waals surface area contributed by atoms with Gasteiger partial charge in [-0.3, -0.25) is 4.79 Å². The lowest BCUT2D eigenvalue weighted by molar-refractivity contribution is -0.141. The average Bonchev–Trinajstić information content (AvgIpc) is 2.52. The Morgan fingerprint density at radius 1 is 1.04 bits per heavy atom. The molecular weight excluding hydrogens is 480 g/mol. The van der Waals surface area contributed by atoms with Crippen LogP contribution in [0.1, 0.15) is 21.5 Å². The number of carbonyl (C=O) groups is 1. The summed E-state index contributed by atoms with van der Waals surface area (Å²) in [5.41, 5.74) is -2.62. The fourth-order valence-corrected chi connectivity index (χ4v) is 2.90. The predicted octanol–water partition coefficient (Wildman–Crippen LogP) is 5.49. The first-order valence-corrected chi connectivity index (χ1v) is 8.26. The third-order valence-corrected chi connectivity index (χ3v) is 4.45. The van der Waals surface area contributed by atoms with E-state index < -0.39 is 35.7 Å². The number of nitrogens with one attached hydrogen (secondary N) is 1. The highest BCUT2D eigenvalue weighted by atomic mass is 127. The number of hydrogen-bond acceptors (Lipinski definition) is 1. The minimum absolute atomic E-state index is 0.158. The zero-order chi connectivity index (χ0) is 18.8. The Balaban J connectivity index is 2.25. The second-order valence-corrected chi connectivity index (χ2v) is 6.65. The fourth-order valence-electron chi connectivity index (χ4n) is 2.10. The first-order valence-electron chi connectivity index (χ1n) is 6.80. The Bertz CT molecular complexity index is 794. The van der Waals surface area contributed by atoms with Crippen molar-refractivity contribution in [2.45, 2.75) is 12.1 Å². The molecule has 1 N–H and O–H groups in total. The molecule has 0 aliphatic rings. The number of rotatable bonds is 4. The highest BCUT2D eigenvalue weighted by Crippen LogP contribution is 2.40. The molecule has 0 heterocycles. The second-order valence-electron chi connectivity index (χ2n) is 5.05. The molecule has 0 fully saturated rings. The van der Waals surface area contributed by atoms with Gasteiger partial charge in [-0.1, -0.05) is 29.8 Å². The third kappa shape index (κ3) is 4.81. The molecule has 0 aliphatic carbocycles. The number of benzene rings is 2. The number of hydrogen-bond donors (Lipinski definition) is 1. The van der Waals surface area contributed by atoms with Crippen LogP contribution in [0.3, 0.4) is 0 Å². The Hall–Kier alpha value is -1.42. The van der Waals surface area contributed by atoms with Gasteiger partial charge < -0.3 is 5.32 Å². The number of carbonyl (C=O) groups excluding carboxylic acids is 1. The SMILES string of the molecule is O=C(NCC(F)(F)c1ccc(Cl)cc1C(F)(F)F)c1ccccc1I. The van der Waals surface area contributed by atoms with Gasteiger partial charge in [-0.15, -0.1) is 0 Å². The van der Waals surface area contributed by atoms with Gasteiger partial charge in [-0.25, -0.2) is 0 Å². The average molecular weight is 490 g/mol. The molecule has 1 amide bonds. The van der Waals surface area contributed by atoms with Crippen molar-refractivity contribution in [3.05, 3.63) is 67.7 Å². The van der Waals surface area contributed by atoms with Crippen LogP contribution in [-0.2, 0) is 12.1 Å². The van der Waals surface area contributed by atoms with Gasteiger partial charge in [0.2, 0.25) is 0 Å². The first-order chi connectivity index (χ1) is 11.5. The fraction of sp³-hybridized carbons (Fsp3) is 0.188. The van der Waals surface area contributed by atoms with Gasteiger partial charge >= 0.3 is 6.18 Å². The van der Waals surface area contributed by atoms with Crippen LogP contribution < -0.4 is 5.32 Å². The van der Waals surface area contributed by atoms with Crippen molar-refractivity contribution in [1.29, 1.82) is 0 Å². The van der Waals surface area contributed by atoms with Gasteiger partial charge in [0.1, 0.15) is 0 Å². The van der Waals surface area contributed by atoms with E-state index in [1.54, 1.807) is 18.2 Å². The molecule has 0 aliphatic heterocycles. The monoisotopic (exact) mass is 489 g/mol. The predicted molar refractivity (Wildman–Crippen MR) is 91.8 cm³/mol. The molecule has 0 unspecified atom stereocenters. The molecule has 0 aromatic heterocycles. The van der Waals surface area contributed by atoms with Crippen molar-refractivity contribution in [3.8, 4) is 0 Å². The van der Waals surface area contributed by atoms with Crippen LogP contribution in [0.2, 0.25) is 5.02 Å². The minimum atomic E-state index is -5.00. The van der Waals surface area contributed by atoms with Crippen LogP contribution in [0, 0.1) is 3.57 Å². The van der Waals surface area contributed by atoms with Gasteiger partial charge in [-0.05, 0) is 46.9 Å². The number of alkyl halides is 5. The van der Waals surface area contributed by atoms with E-state index in [0.29, 0.717) is 15.7 Å². The highest BCUT2D eigenvalue weighted by Gasteiger charge is 2.43. The van der Waals surface area contributed by atoms with E-state index in [1.807, 2.05) is 27.9 Å². The summed E-state index contributed by atoms with van der Waals surface area (Å²) in [6.07, 6.45) is -5.00. The largest absolute Gasteiger partial charge is 0.416 e. The van der Waals surface area contributed by atoms with Gasteiger partial charge in [0.25, 0.3) is 11.8 Å². The first kappa shape index (κ1) is 19.9. The zero-order valence-electron chi connectivity index (χ0n) is 12.3. The molecule has 0 spiro atoms. The molecule has 2 rings (SSSR count). The summed E-state index contributed by atoms with van der Waals surface area (Å²) in [4.78, 5) is 12.0. The van der Waals surface area contributed by atoms with Crippen LogP contribution in [0.4, 0.5) is 22.0 Å². The van der Waals surface area contributed by atoms with E-state index in [2.05, 4.69) is 0 Å². The summed E-state index contributed by atoms with van der Waals surface area (Å²) in [7, 11) is 0. The van der Waals surface area contributed by atoms with Crippen LogP contribution in [0.25, 0.3) is 0 Å². The van der Waals surface area contributed by atoms with Crippen LogP contribution in [0.5, 0.6) is 0 Å². The van der Waals surface area contributed by atoms with Crippen LogP contribution in [-0.4, -0.2) is 12.5 Å². The topological polar surface area (TPSA) is 29.1 Å². The van der Waals surface area contributed by atoms with Crippen molar-refractivity contribution in [2.24, 2.45) is 0 Å². The van der Waals surface area contributed by atoms with E-state index in [0.717, 1.165) is 6.07 Å². The standard InChI is InChI=1S/C16H10ClF5INO/c17-9-5-6-11(12(7-9)16(20,21)22)15(18,19)8-24-14(25)10-3-1-2-4-13(10)23/h1-7H,8H2,(H,24,25). The zero-order valence-corrected chi connectivity index (χ0v) is 15.2. The normalized spacial score (nSPS) is 12.1. The van der Waals surface area contributed by atoms with E-state index in [1.165, 1.54) is 6.07 Å². The van der Waals surface area contributed by atoms with Gasteiger partial charge in [0, 0.05) is 14.2 Å². The molecule has 25 heavy (non-hydrogen) atoms. The molecule has 0 saturated heterocycles. The quantitative estimate of drug-likeness (QED) is 0.447. The smallest absolute Gasteiger partial charge is 0.346 e. The highest BCUT2D eigenvalue weighted by molar-refractivity contribution is 14.1. The maximum Gasteiger partial charge on any atom is 0.416 e. The van der Waals surface area contributed by atoms with Crippen LogP contribution in [0.15, 0.2) is 42.5 Å². The molecule has 0 atom stereocenters. The molecule has 2 aromatic carbocycles. The summed E-state index contributed by atoms with van der Waals surface area (Å²) < 4.78 is 68.1. The van der Waals surface area contributed by atoms with Crippen molar-refractivity contribution in [1.82, 2.24) is 5.32 Å². The van der Waals surface area contributed by atoms with Gasteiger partial charge in [0.15, 0.2) is 0 Å². The maximum atomic E-state index is 14.3. The number of halogens is 7. The van der Waals surface area contributed by atoms with E-state index in [9.17, 15) is 26.7 Å². The van der Waals surface area contributed by atoms with E-state index >= 15 is 0 Å². The molecule has 9 heteroatoms. The third-order valence-electron chi connectivity index (χ3n) is 3.27. The van der Waals surface area contributed by atoms with Gasteiger partial charge in [-0.2, -0.15) is 22.0 Å². The molecule has 2 nitrogen and oxygen atoms in total. The molecule has 0 radical (unpaired) electrons. The van der Waals surface area contributed by atoms with E-state index in [4.69, 9.17) is 11.6 Å². The van der Waals surface area contributed by atoms with Crippen molar-refractivity contribution in [2.75, 3.05) is 6.54 Å². The summed E-state index contributed by atoms with van der Waals surface area (Å²) in [5.74, 6) is -4.72. The number of amides is 1. The molecule has 0 bridgehead atoms. The summed E-state index contributed by atoms with van der Waals surface area (Å²) in [6, 6.07) is 8.25. The maximum absolute atomic E-state index is 14.3. The molecule has 0 saturated carbocycles. The molecule has 2 aromatic rings. The lowest BCUT2D eigenvalue weighted by atomic mass is 10.0. The van der Waals surface area contributed by atoms with Crippen molar-refractivity contribution in [3.63, 3.8) is 0 Å². The van der Waals surface area contributed by atoms with Gasteiger partial charge in [0.05, 0.1) is 17.7 Å². The lowest BCUT2D eigenvalue weighted by Gasteiger charge is -2.22. The summed E-state index contributed by atoms with van der Waals surface area (Å²) in [5, 5.41) is 1.67. The van der Waals surface area contributed by atoms with Crippen molar-refractivity contribution < 1.29 is 26.7 Å². The Kier molecular flexibility index (Phi) is 5.93.